The van der Waals surface area contributed by atoms with Gasteiger partial charge in [-0.2, -0.15) is 0 Å². The summed E-state index contributed by atoms with van der Waals surface area (Å²) < 4.78 is 25.6. The van der Waals surface area contributed by atoms with Crippen molar-refractivity contribution in [3.05, 3.63) is 28.8 Å². The van der Waals surface area contributed by atoms with Gasteiger partial charge in [0, 0.05) is 26.2 Å². The van der Waals surface area contributed by atoms with Gasteiger partial charge >= 0.3 is 0 Å². The molecule has 24 heavy (non-hydrogen) atoms. The van der Waals surface area contributed by atoms with Gasteiger partial charge in [0.1, 0.15) is 0 Å². The van der Waals surface area contributed by atoms with Crippen molar-refractivity contribution in [1.29, 1.82) is 0 Å². The van der Waals surface area contributed by atoms with E-state index in [-0.39, 0.29) is 27.6 Å². The van der Waals surface area contributed by atoms with Crippen molar-refractivity contribution in [3.8, 4) is 0 Å². The number of nitrogens with zero attached hydrogens (tertiary/aromatic N) is 2. The van der Waals surface area contributed by atoms with E-state index in [1.807, 2.05) is 5.01 Å². The Morgan fingerprint density at radius 3 is 2.38 bits per heavy atom. The van der Waals surface area contributed by atoms with Gasteiger partial charge in [0.2, 0.25) is 10.0 Å². The summed E-state index contributed by atoms with van der Waals surface area (Å²) in [7, 11) is -0.733. The molecule has 0 radical (unpaired) electrons. The van der Waals surface area contributed by atoms with E-state index in [1.165, 1.54) is 32.3 Å². The zero-order chi connectivity index (χ0) is 18.1. The van der Waals surface area contributed by atoms with Crippen molar-refractivity contribution in [1.82, 2.24) is 14.7 Å². The standard InChI is InChI=1S/C16H24ClN3O3S/c1-11-6-5-7-12(2)20(11)18-16(21)14-10-13(8-9-15(14)17)24(22,23)19(3)4/h8-12H,5-7H2,1-4H3,(H,18,21). The highest BCUT2D eigenvalue weighted by Gasteiger charge is 2.28. The lowest BCUT2D eigenvalue weighted by atomic mass is 10.00. The first-order chi connectivity index (χ1) is 11.1. The minimum Gasteiger partial charge on any atom is -0.284 e. The van der Waals surface area contributed by atoms with Crippen molar-refractivity contribution in [2.45, 2.75) is 50.1 Å². The maximum absolute atomic E-state index is 12.6. The van der Waals surface area contributed by atoms with Crippen molar-refractivity contribution >= 4 is 27.5 Å². The summed E-state index contributed by atoms with van der Waals surface area (Å²) in [6.45, 7) is 4.12. The van der Waals surface area contributed by atoms with Gasteiger partial charge in [-0.25, -0.2) is 17.7 Å². The molecule has 1 fully saturated rings. The number of hydrazine groups is 1. The fourth-order valence-electron chi connectivity index (χ4n) is 2.87. The largest absolute Gasteiger partial charge is 0.284 e. The molecule has 1 heterocycles. The van der Waals surface area contributed by atoms with Crippen molar-refractivity contribution in [3.63, 3.8) is 0 Å². The molecule has 1 N–H and O–H groups in total. The summed E-state index contributed by atoms with van der Waals surface area (Å²) in [5, 5.41) is 2.15. The van der Waals surface area contributed by atoms with Gasteiger partial charge in [-0.15, -0.1) is 0 Å². The first kappa shape index (κ1) is 19.2. The number of halogens is 1. The van der Waals surface area contributed by atoms with Crippen LogP contribution in [-0.2, 0) is 10.0 Å². The number of benzene rings is 1. The molecule has 2 atom stereocenters. The average Bonchev–Trinajstić information content (AvgIpc) is 2.51. The van der Waals surface area contributed by atoms with E-state index in [1.54, 1.807) is 0 Å². The van der Waals surface area contributed by atoms with Crippen LogP contribution < -0.4 is 5.43 Å². The third-order valence-corrected chi connectivity index (χ3v) is 6.53. The Balaban J connectivity index is 2.29. The zero-order valence-corrected chi connectivity index (χ0v) is 16.0. The second kappa shape index (κ2) is 7.39. The number of hydrogen-bond acceptors (Lipinski definition) is 4. The van der Waals surface area contributed by atoms with Crippen LogP contribution in [0.4, 0.5) is 0 Å². The van der Waals surface area contributed by atoms with Gasteiger partial charge < -0.3 is 0 Å². The molecule has 1 saturated heterocycles. The van der Waals surface area contributed by atoms with Gasteiger partial charge in [0.15, 0.2) is 0 Å². The molecule has 1 aromatic carbocycles. The van der Waals surface area contributed by atoms with Crippen LogP contribution in [0.25, 0.3) is 0 Å². The van der Waals surface area contributed by atoms with E-state index >= 15 is 0 Å². The second-order valence-electron chi connectivity index (χ2n) is 6.41. The van der Waals surface area contributed by atoms with Crippen LogP contribution in [0.1, 0.15) is 43.5 Å². The number of amides is 1. The summed E-state index contributed by atoms with van der Waals surface area (Å²) in [4.78, 5) is 12.7. The smallest absolute Gasteiger partial charge is 0.267 e. The quantitative estimate of drug-likeness (QED) is 0.880. The van der Waals surface area contributed by atoms with Gasteiger partial charge in [-0.1, -0.05) is 18.0 Å². The number of sulfonamides is 1. The molecule has 0 saturated carbocycles. The molecule has 1 aliphatic heterocycles. The predicted octanol–water partition coefficient (Wildman–Crippen LogP) is 2.50. The number of piperidine rings is 1. The molecule has 134 valence electrons. The lowest BCUT2D eigenvalue weighted by Crippen LogP contribution is -2.54. The van der Waals surface area contributed by atoms with Crippen LogP contribution in [0, 0.1) is 0 Å². The Bertz CT molecular complexity index is 711. The normalized spacial score (nSPS) is 22.6. The van der Waals surface area contributed by atoms with E-state index < -0.39 is 15.9 Å². The summed E-state index contributed by atoms with van der Waals surface area (Å²) in [6.07, 6.45) is 3.15. The van der Waals surface area contributed by atoms with Gasteiger partial charge in [-0.05, 0) is 44.9 Å². The van der Waals surface area contributed by atoms with Crippen LogP contribution in [0.15, 0.2) is 23.1 Å². The Morgan fingerprint density at radius 1 is 1.25 bits per heavy atom. The molecule has 0 spiro atoms. The average molecular weight is 374 g/mol. The minimum absolute atomic E-state index is 0.0433. The van der Waals surface area contributed by atoms with Crippen LogP contribution in [-0.4, -0.2) is 49.8 Å². The van der Waals surface area contributed by atoms with Crippen LogP contribution in [0.3, 0.4) is 0 Å². The maximum Gasteiger partial charge on any atom is 0.267 e. The van der Waals surface area contributed by atoms with E-state index in [4.69, 9.17) is 11.6 Å². The summed E-state index contributed by atoms with van der Waals surface area (Å²) in [5.41, 5.74) is 3.04. The van der Waals surface area contributed by atoms with Crippen LogP contribution in [0.5, 0.6) is 0 Å². The molecular weight excluding hydrogens is 350 g/mol. The molecular formula is C16H24ClN3O3S. The lowest BCUT2D eigenvalue weighted by Gasteiger charge is -2.38. The Labute approximate surface area is 148 Å². The van der Waals surface area contributed by atoms with E-state index in [2.05, 4.69) is 19.3 Å². The van der Waals surface area contributed by atoms with Crippen LogP contribution in [0.2, 0.25) is 5.02 Å². The predicted molar refractivity (Wildman–Crippen MR) is 94.4 cm³/mol. The van der Waals surface area contributed by atoms with Crippen LogP contribution >= 0.6 is 11.6 Å². The highest BCUT2D eigenvalue weighted by atomic mass is 35.5. The molecule has 6 nitrogen and oxygen atoms in total. The Kier molecular flexibility index (Phi) is 5.91. The second-order valence-corrected chi connectivity index (χ2v) is 8.97. The number of carbonyl (C=O) groups excluding carboxylic acids is 1. The third-order valence-electron chi connectivity index (χ3n) is 4.39. The molecule has 2 rings (SSSR count). The molecule has 2 unspecified atom stereocenters. The number of nitrogens with one attached hydrogen (secondary N) is 1. The lowest BCUT2D eigenvalue weighted by molar-refractivity contribution is 0.0369. The van der Waals surface area contributed by atoms with Crippen molar-refractivity contribution < 1.29 is 13.2 Å². The van der Waals surface area contributed by atoms with Gasteiger partial charge in [0.25, 0.3) is 5.91 Å². The molecule has 0 aromatic heterocycles. The van der Waals surface area contributed by atoms with Gasteiger partial charge in [0.05, 0.1) is 15.5 Å². The monoisotopic (exact) mass is 373 g/mol. The van der Waals surface area contributed by atoms with E-state index in [9.17, 15) is 13.2 Å². The van der Waals surface area contributed by atoms with Gasteiger partial charge in [-0.3, -0.25) is 10.2 Å². The fourth-order valence-corrected chi connectivity index (χ4v) is 4.00. The third kappa shape index (κ3) is 3.91. The van der Waals surface area contributed by atoms with E-state index in [0.717, 1.165) is 23.6 Å². The molecule has 0 bridgehead atoms. The SMILES string of the molecule is CC1CCCC(C)N1NC(=O)c1cc(S(=O)(=O)N(C)C)ccc1Cl. The minimum atomic E-state index is -3.62. The summed E-state index contributed by atoms with van der Waals surface area (Å²) >= 11 is 6.12. The first-order valence-electron chi connectivity index (χ1n) is 7.96. The number of hydrogen-bond donors (Lipinski definition) is 1. The summed E-state index contributed by atoms with van der Waals surface area (Å²) in [5.74, 6) is -0.392. The maximum atomic E-state index is 12.6. The molecule has 1 amide bonds. The highest BCUT2D eigenvalue weighted by molar-refractivity contribution is 7.89. The highest BCUT2D eigenvalue weighted by Crippen LogP contribution is 2.24. The topological polar surface area (TPSA) is 69.7 Å². The first-order valence-corrected chi connectivity index (χ1v) is 9.77. The van der Waals surface area contributed by atoms with Crippen molar-refractivity contribution in [2.24, 2.45) is 0 Å². The number of rotatable bonds is 4. The summed E-state index contributed by atoms with van der Waals surface area (Å²) in [6, 6.07) is 4.62. The molecule has 8 heteroatoms. The fraction of sp³-hybridized carbons (Fsp3) is 0.562. The Morgan fingerprint density at radius 2 is 1.83 bits per heavy atom. The number of carbonyl (C=O) groups is 1. The van der Waals surface area contributed by atoms with E-state index in [0.29, 0.717) is 0 Å². The molecule has 1 aliphatic rings. The Hall–Kier alpha value is -1.15. The van der Waals surface area contributed by atoms with Crippen molar-refractivity contribution in [2.75, 3.05) is 14.1 Å². The molecule has 1 aromatic rings. The molecule has 0 aliphatic carbocycles. The zero-order valence-electron chi connectivity index (χ0n) is 14.4.